The van der Waals surface area contributed by atoms with Crippen LogP contribution in [0.5, 0.6) is 0 Å². The second-order valence-corrected chi connectivity index (χ2v) is 6.18. The number of hydrogen-bond donors (Lipinski definition) is 3. The van der Waals surface area contributed by atoms with Crippen LogP contribution in [-0.4, -0.2) is 17.9 Å². The Balaban J connectivity index is 1.70. The van der Waals surface area contributed by atoms with Crippen molar-refractivity contribution in [2.24, 2.45) is 5.73 Å². The van der Waals surface area contributed by atoms with E-state index in [9.17, 15) is 9.59 Å². The van der Waals surface area contributed by atoms with Crippen molar-refractivity contribution in [2.75, 3.05) is 5.32 Å². The molecule has 6 nitrogen and oxygen atoms in total. The number of carbonyl (C=O) groups is 2. The molecule has 2 amide bonds. The van der Waals surface area contributed by atoms with Crippen molar-refractivity contribution in [3.05, 3.63) is 89.9 Å². The average molecular weight is 363 g/mol. The van der Waals surface area contributed by atoms with Gasteiger partial charge in [0.15, 0.2) is 0 Å². The van der Waals surface area contributed by atoms with Crippen molar-refractivity contribution < 1.29 is 14.0 Å². The number of carbonyl (C=O) groups excluding carboxylic acids is 2. The Bertz CT molecular complexity index is 890. The van der Waals surface area contributed by atoms with Crippen molar-refractivity contribution in [1.29, 1.82) is 0 Å². The number of primary amides is 1. The van der Waals surface area contributed by atoms with E-state index in [-0.39, 0.29) is 11.9 Å². The highest BCUT2D eigenvalue weighted by atomic mass is 16.3. The summed E-state index contributed by atoms with van der Waals surface area (Å²) >= 11 is 0. The first-order valence-electron chi connectivity index (χ1n) is 8.59. The standard InChI is InChI=1S/C21H21N3O3/c1-14(21(26)24-17-11-9-16(10-12-17)20(22)25)23-19(18-8-5-13-27-18)15-6-3-2-4-7-15/h2-14,19,23H,1H3,(H2,22,25)(H,24,26)/t14-,19-/m0/s1. The summed E-state index contributed by atoms with van der Waals surface area (Å²) in [7, 11) is 0. The third-order valence-corrected chi connectivity index (χ3v) is 4.21. The van der Waals surface area contributed by atoms with Gasteiger partial charge >= 0.3 is 0 Å². The van der Waals surface area contributed by atoms with Gasteiger partial charge in [0.2, 0.25) is 11.8 Å². The van der Waals surface area contributed by atoms with Gasteiger partial charge in [-0.2, -0.15) is 0 Å². The van der Waals surface area contributed by atoms with Crippen LogP contribution in [-0.2, 0) is 4.79 Å². The molecule has 0 radical (unpaired) electrons. The normalized spacial score (nSPS) is 12.9. The predicted octanol–water partition coefficient (Wildman–Crippen LogP) is 3.08. The summed E-state index contributed by atoms with van der Waals surface area (Å²) in [5.41, 5.74) is 7.20. The van der Waals surface area contributed by atoms with E-state index in [2.05, 4.69) is 10.6 Å². The molecule has 0 fully saturated rings. The van der Waals surface area contributed by atoms with Crippen molar-refractivity contribution in [2.45, 2.75) is 19.0 Å². The first-order valence-corrected chi connectivity index (χ1v) is 8.59. The first-order chi connectivity index (χ1) is 13.0. The van der Waals surface area contributed by atoms with E-state index in [1.54, 1.807) is 37.5 Å². The fourth-order valence-electron chi connectivity index (χ4n) is 2.74. The number of nitrogens with one attached hydrogen (secondary N) is 2. The van der Waals surface area contributed by atoms with Gasteiger partial charge in [0.1, 0.15) is 5.76 Å². The summed E-state index contributed by atoms with van der Waals surface area (Å²) in [6.07, 6.45) is 1.61. The molecule has 2 aromatic carbocycles. The molecule has 138 valence electrons. The van der Waals surface area contributed by atoms with Crippen LogP contribution in [0, 0.1) is 0 Å². The van der Waals surface area contributed by atoms with Gasteiger partial charge in [0.05, 0.1) is 18.3 Å². The Morgan fingerprint density at radius 3 is 2.26 bits per heavy atom. The molecule has 0 aliphatic carbocycles. The van der Waals surface area contributed by atoms with E-state index in [4.69, 9.17) is 10.2 Å². The van der Waals surface area contributed by atoms with Gasteiger partial charge in [-0.1, -0.05) is 30.3 Å². The number of anilines is 1. The number of hydrogen-bond acceptors (Lipinski definition) is 4. The molecule has 1 aromatic heterocycles. The SMILES string of the molecule is C[C@H](N[C@@H](c1ccccc1)c1ccco1)C(=O)Nc1ccc(C(N)=O)cc1. The summed E-state index contributed by atoms with van der Waals surface area (Å²) in [4.78, 5) is 23.7. The van der Waals surface area contributed by atoms with Crippen molar-refractivity contribution in [3.8, 4) is 0 Å². The Morgan fingerprint density at radius 2 is 1.67 bits per heavy atom. The average Bonchev–Trinajstić information content (AvgIpc) is 3.21. The molecule has 2 atom stereocenters. The lowest BCUT2D eigenvalue weighted by Gasteiger charge is -2.22. The van der Waals surface area contributed by atoms with E-state index in [0.717, 1.165) is 11.3 Å². The monoisotopic (exact) mass is 363 g/mol. The zero-order valence-electron chi connectivity index (χ0n) is 14.9. The molecule has 4 N–H and O–H groups in total. The molecule has 0 saturated heterocycles. The van der Waals surface area contributed by atoms with Crippen LogP contribution in [0.25, 0.3) is 0 Å². The smallest absolute Gasteiger partial charge is 0.248 e. The molecule has 3 rings (SSSR count). The maximum Gasteiger partial charge on any atom is 0.248 e. The van der Waals surface area contributed by atoms with Gasteiger partial charge in [0, 0.05) is 11.3 Å². The molecule has 27 heavy (non-hydrogen) atoms. The summed E-state index contributed by atoms with van der Waals surface area (Å²) < 4.78 is 5.55. The van der Waals surface area contributed by atoms with Gasteiger partial charge in [-0.3, -0.25) is 14.9 Å². The lowest BCUT2D eigenvalue weighted by Crippen LogP contribution is -2.40. The topological polar surface area (TPSA) is 97.4 Å². The van der Waals surface area contributed by atoms with Crippen LogP contribution < -0.4 is 16.4 Å². The number of benzene rings is 2. The molecular formula is C21H21N3O3. The molecule has 0 aliphatic rings. The minimum Gasteiger partial charge on any atom is -0.467 e. The van der Waals surface area contributed by atoms with Crippen molar-refractivity contribution in [1.82, 2.24) is 5.32 Å². The summed E-state index contributed by atoms with van der Waals surface area (Å²) in [6, 6.07) is 19.2. The van der Waals surface area contributed by atoms with Gasteiger partial charge in [0.25, 0.3) is 0 Å². The van der Waals surface area contributed by atoms with Crippen LogP contribution >= 0.6 is 0 Å². The molecule has 6 heteroatoms. The third-order valence-electron chi connectivity index (χ3n) is 4.21. The minimum atomic E-state index is -0.507. The van der Waals surface area contributed by atoms with E-state index in [1.807, 2.05) is 42.5 Å². The second-order valence-electron chi connectivity index (χ2n) is 6.18. The molecular weight excluding hydrogens is 342 g/mol. The highest BCUT2D eigenvalue weighted by Gasteiger charge is 2.22. The summed E-state index contributed by atoms with van der Waals surface area (Å²) in [5, 5.41) is 6.13. The van der Waals surface area contributed by atoms with E-state index in [1.165, 1.54) is 0 Å². The van der Waals surface area contributed by atoms with Gasteiger partial charge < -0.3 is 15.5 Å². The quantitative estimate of drug-likeness (QED) is 0.601. The third kappa shape index (κ3) is 4.62. The maximum absolute atomic E-state index is 12.6. The van der Waals surface area contributed by atoms with Crippen LogP contribution in [0.2, 0.25) is 0 Å². The second kappa shape index (κ2) is 8.33. The number of rotatable bonds is 7. The van der Waals surface area contributed by atoms with Crippen molar-refractivity contribution >= 4 is 17.5 Å². The predicted molar refractivity (Wildman–Crippen MR) is 103 cm³/mol. The lowest BCUT2D eigenvalue weighted by atomic mass is 10.0. The molecule has 3 aromatic rings. The number of furan rings is 1. The zero-order valence-corrected chi connectivity index (χ0v) is 14.9. The van der Waals surface area contributed by atoms with Gasteiger partial charge in [-0.05, 0) is 48.9 Å². The molecule has 0 bridgehead atoms. The highest BCUT2D eigenvalue weighted by Crippen LogP contribution is 2.23. The Hall–Kier alpha value is -3.38. The van der Waals surface area contributed by atoms with E-state index < -0.39 is 11.9 Å². The molecule has 0 aliphatic heterocycles. The van der Waals surface area contributed by atoms with Crippen LogP contribution in [0.3, 0.4) is 0 Å². The van der Waals surface area contributed by atoms with Gasteiger partial charge in [-0.25, -0.2) is 0 Å². The number of amides is 2. The Morgan fingerprint density at radius 1 is 0.963 bits per heavy atom. The molecule has 0 saturated carbocycles. The zero-order chi connectivity index (χ0) is 19.2. The van der Waals surface area contributed by atoms with Crippen LogP contribution in [0.15, 0.2) is 77.4 Å². The molecule has 1 heterocycles. The van der Waals surface area contributed by atoms with Crippen LogP contribution in [0.1, 0.15) is 34.6 Å². The Kier molecular flexibility index (Phi) is 5.68. The highest BCUT2D eigenvalue weighted by molar-refractivity contribution is 5.96. The van der Waals surface area contributed by atoms with Crippen LogP contribution in [0.4, 0.5) is 5.69 Å². The minimum absolute atomic E-state index is 0.200. The fourth-order valence-corrected chi connectivity index (χ4v) is 2.74. The van der Waals surface area contributed by atoms with Gasteiger partial charge in [-0.15, -0.1) is 0 Å². The summed E-state index contributed by atoms with van der Waals surface area (Å²) in [5.74, 6) is 0.0213. The largest absolute Gasteiger partial charge is 0.467 e. The van der Waals surface area contributed by atoms with Crippen molar-refractivity contribution in [3.63, 3.8) is 0 Å². The maximum atomic E-state index is 12.6. The van der Waals surface area contributed by atoms with E-state index in [0.29, 0.717) is 11.3 Å². The Labute approximate surface area is 157 Å². The molecule has 0 spiro atoms. The first kappa shape index (κ1) is 18.4. The molecule has 0 unspecified atom stereocenters. The number of nitrogens with two attached hydrogens (primary N) is 1. The fraction of sp³-hybridized carbons (Fsp3) is 0.143. The summed E-state index contributed by atoms with van der Waals surface area (Å²) in [6.45, 7) is 1.78. The lowest BCUT2D eigenvalue weighted by molar-refractivity contribution is -0.117. The van der Waals surface area contributed by atoms with E-state index >= 15 is 0 Å².